The van der Waals surface area contributed by atoms with Crippen LogP contribution in [0.1, 0.15) is 0 Å². The predicted molar refractivity (Wildman–Crippen MR) is 73.5 cm³/mol. The molecule has 0 aliphatic carbocycles. The van der Waals surface area contributed by atoms with E-state index < -0.39 is 13.4 Å². The van der Waals surface area contributed by atoms with Crippen molar-refractivity contribution in [3.05, 3.63) is 28.2 Å². The van der Waals surface area contributed by atoms with Crippen molar-refractivity contribution >= 4 is 36.6 Å². The van der Waals surface area contributed by atoms with Gasteiger partial charge in [0.25, 0.3) is 0 Å². The van der Waals surface area contributed by atoms with Gasteiger partial charge in [-0.25, -0.2) is 0 Å². The van der Waals surface area contributed by atoms with Crippen molar-refractivity contribution in [2.45, 2.75) is 0 Å². The van der Waals surface area contributed by atoms with Crippen LogP contribution in [0.3, 0.4) is 0 Å². The van der Waals surface area contributed by atoms with Crippen molar-refractivity contribution < 1.29 is 23.1 Å². The first-order valence-corrected chi connectivity index (χ1v) is 7.69. The second-order valence-electron chi connectivity index (χ2n) is 3.51. The van der Waals surface area contributed by atoms with E-state index in [2.05, 4.69) is 9.05 Å². The Morgan fingerprint density at radius 1 is 1.21 bits per heavy atom. The molecule has 0 aliphatic heterocycles. The number of ketones is 1. The number of halogens is 2. The van der Waals surface area contributed by atoms with Gasteiger partial charge in [-0.2, -0.15) is 0 Å². The Hall–Kier alpha value is -0.580. The van der Waals surface area contributed by atoms with E-state index in [1.165, 1.54) is 14.2 Å². The van der Waals surface area contributed by atoms with Crippen LogP contribution >= 0.6 is 30.8 Å². The number of rotatable bonds is 7. The Bertz CT molecular complexity index is 478. The number of ether oxygens (including phenoxy) is 1. The number of carbonyl (C=O) groups is 1. The largest absolute Gasteiger partial charge is 0.483 e. The molecule has 0 saturated carbocycles. The highest BCUT2D eigenvalue weighted by Crippen LogP contribution is 2.46. The smallest absolute Gasteiger partial charge is 0.337 e. The van der Waals surface area contributed by atoms with Crippen LogP contribution in [0.15, 0.2) is 18.2 Å². The van der Waals surface area contributed by atoms with Crippen LogP contribution < -0.4 is 4.74 Å². The van der Waals surface area contributed by atoms with Crippen LogP contribution in [-0.2, 0) is 18.4 Å². The summed E-state index contributed by atoms with van der Waals surface area (Å²) in [5.74, 6) is -0.230. The third-order valence-electron chi connectivity index (χ3n) is 2.22. The van der Waals surface area contributed by atoms with E-state index in [9.17, 15) is 9.36 Å². The Labute approximate surface area is 121 Å². The zero-order valence-electron chi connectivity index (χ0n) is 10.4. The van der Waals surface area contributed by atoms with Gasteiger partial charge < -0.3 is 13.8 Å². The third-order valence-corrected chi connectivity index (χ3v) is 4.67. The average Bonchev–Trinajstić information content (AvgIpc) is 2.38. The van der Waals surface area contributed by atoms with E-state index in [4.69, 9.17) is 27.9 Å². The number of benzene rings is 1. The average molecular weight is 327 g/mol. The molecule has 0 unspecified atom stereocenters. The van der Waals surface area contributed by atoms with Gasteiger partial charge in [-0.05, 0) is 12.1 Å². The zero-order valence-corrected chi connectivity index (χ0v) is 12.8. The first-order valence-electron chi connectivity index (χ1n) is 5.21. The van der Waals surface area contributed by atoms with Crippen molar-refractivity contribution in [1.29, 1.82) is 0 Å². The van der Waals surface area contributed by atoms with Crippen LogP contribution in [0, 0.1) is 0 Å². The van der Waals surface area contributed by atoms with Crippen molar-refractivity contribution in [1.82, 2.24) is 0 Å². The van der Waals surface area contributed by atoms with Crippen LogP contribution in [0.2, 0.25) is 10.0 Å². The van der Waals surface area contributed by atoms with Crippen molar-refractivity contribution in [3.8, 4) is 5.75 Å². The molecule has 1 rings (SSSR count). The summed E-state index contributed by atoms with van der Waals surface area (Å²) in [5.41, 5.74) is 0. The Morgan fingerprint density at radius 3 is 2.21 bits per heavy atom. The zero-order chi connectivity index (χ0) is 14.5. The number of carbonyl (C=O) groups excluding carboxylic acids is 1. The molecule has 0 spiro atoms. The molecule has 106 valence electrons. The summed E-state index contributed by atoms with van der Waals surface area (Å²) in [6.07, 6.45) is -0.373. The second-order valence-corrected chi connectivity index (χ2v) is 6.60. The highest BCUT2D eigenvalue weighted by Gasteiger charge is 2.25. The maximum atomic E-state index is 11.7. The maximum Gasteiger partial charge on any atom is 0.337 e. The molecule has 0 radical (unpaired) electrons. The van der Waals surface area contributed by atoms with Crippen LogP contribution in [0.25, 0.3) is 0 Å². The minimum atomic E-state index is -3.38. The molecule has 0 aliphatic rings. The lowest BCUT2D eigenvalue weighted by Crippen LogP contribution is -2.16. The second kappa shape index (κ2) is 7.27. The van der Waals surface area contributed by atoms with Gasteiger partial charge in [0.1, 0.15) is 12.8 Å². The van der Waals surface area contributed by atoms with Crippen molar-refractivity contribution in [2.75, 3.05) is 27.0 Å². The Kier molecular flexibility index (Phi) is 6.30. The van der Waals surface area contributed by atoms with E-state index in [0.29, 0.717) is 10.0 Å². The third kappa shape index (κ3) is 4.79. The highest BCUT2D eigenvalue weighted by molar-refractivity contribution is 7.54. The molecule has 0 aromatic heterocycles. The molecule has 1 aromatic carbocycles. The summed E-state index contributed by atoms with van der Waals surface area (Å²) in [6, 6.07) is 4.83. The normalized spacial score (nSPS) is 11.4. The van der Waals surface area contributed by atoms with E-state index in [1.807, 2.05) is 0 Å². The maximum absolute atomic E-state index is 11.7. The standard InChI is InChI=1S/C11H13Cl2O5P/c1-16-19(15,17-2)7-8(14)6-18-11-9(12)4-3-5-10(11)13/h3-5H,6-7H2,1-2H3. The van der Waals surface area contributed by atoms with Crippen molar-refractivity contribution in [3.63, 3.8) is 0 Å². The van der Waals surface area contributed by atoms with Gasteiger partial charge in [0.15, 0.2) is 11.5 Å². The monoisotopic (exact) mass is 326 g/mol. The molecule has 0 bridgehead atoms. The molecule has 1 aromatic rings. The summed E-state index contributed by atoms with van der Waals surface area (Å²) in [7, 11) is -0.954. The minimum Gasteiger partial charge on any atom is -0.483 e. The predicted octanol–water partition coefficient (Wildman–Crippen LogP) is 3.43. The first kappa shape index (κ1) is 16.5. The van der Waals surface area contributed by atoms with E-state index >= 15 is 0 Å². The number of Topliss-reactive ketones (excluding diaryl/α,β-unsaturated/α-hetero) is 1. The topological polar surface area (TPSA) is 61.8 Å². The number of hydrogen-bond donors (Lipinski definition) is 0. The fraction of sp³-hybridized carbons (Fsp3) is 0.364. The van der Waals surface area contributed by atoms with Gasteiger partial charge in [0.05, 0.1) is 10.0 Å². The molecule has 0 N–H and O–H groups in total. The number of para-hydroxylation sites is 1. The fourth-order valence-corrected chi connectivity index (χ4v) is 2.68. The van der Waals surface area contributed by atoms with Gasteiger partial charge in [0.2, 0.25) is 0 Å². The molecular weight excluding hydrogens is 314 g/mol. The molecule has 0 amide bonds. The van der Waals surface area contributed by atoms with Crippen molar-refractivity contribution in [2.24, 2.45) is 0 Å². The lowest BCUT2D eigenvalue weighted by atomic mass is 10.3. The van der Waals surface area contributed by atoms with Gasteiger partial charge in [-0.1, -0.05) is 29.3 Å². The van der Waals surface area contributed by atoms with Gasteiger partial charge in [-0.3, -0.25) is 9.36 Å². The quantitative estimate of drug-likeness (QED) is 0.718. The summed E-state index contributed by atoms with van der Waals surface area (Å²) >= 11 is 11.8. The van der Waals surface area contributed by atoms with Gasteiger partial charge >= 0.3 is 7.60 Å². The summed E-state index contributed by atoms with van der Waals surface area (Å²) < 4.78 is 26.3. The molecule has 8 heteroatoms. The van der Waals surface area contributed by atoms with E-state index in [1.54, 1.807) is 18.2 Å². The molecular formula is C11H13Cl2O5P. The molecule has 0 fully saturated rings. The van der Waals surface area contributed by atoms with Gasteiger partial charge in [0, 0.05) is 14.2 Å². The molecule has 0 heterocycles. The lowest BCUT2D eigenvalue weighted by Gasteiger charge is -2.13. The molecule has 19 heavy (non-hydrogen) atoms. The van der Waals surface area contributed by atoms with E-state index in [-0.39, 0.29) is 18.5 Å². The first-order chi connectivity index (χ1) is 8.91. The van der Waals surface area contributed by atoms with Gasteiger partial charge in [-0.15, -0.1) is 0 Å². The van der Waals surface area contributed by atoms with Crippen LogP contribution in [0.5, 0.6) is 5.75 Å². The summed E-state index contributed by atoms with van der Waals surface area (Å²) in [4.78, 5) is 11.6. The summed E-state index contributed by atoms with van der Waals surface area (Å²) in [5, 5.41) is 0.587. The Morgan fingerprint density at radius 2 is 1.74 bits per heavy atom. The summed E-state index contributed by atoms with van der Waals surface area (Å²) in [6.45, 7) is -0.319. The lowest BCUT2D eigenvalue weighted by molar-refractivity contribution is -0.118. The van der Waals surface area contributed by atoms with Crippen LogP contribution in [0.4, 0.5) is 0 Å². The molecule has 5 nitrogen and oxygen atoms in total. The number of hydrogen-bond acceptors (Lipinski definition) is 5. The van der Waals surface area contributed by atoms with E-state index in [0.717, 1.165) is 0 Å². The van der Waals surface area contributed by atoms with Crippen LogP contribution in [-0.4, -0.2) is 32.8 Å². The SMILES string of the molecule is COP(=O)(CC(=O)COc1c(Cl)cccc1Cl)OC. The highest BCUT2D eigenvalue weighted by atomic mass is 35.5. The molecule has 0 atom stereocenters. The minimum absolute atomic E-state index is 0.212. The Balaban J connectivity index is 2.63. The molecule has 0 saturated heterocycles. The fourth-order valence-electron chi connectivity index (χ4n) is 1.24.